The third-order valence-electron chi connectivity index (χ3n) is 7.53. The van der Waals surface area contributed by atoms with Gasteiger partial charge >= 0.3 is 0 Å². The second-order valence-corrected chi connectivity index (χ2v) is 9.30. The Balaban J connectivity index is 1.78. The number of fused-ring (bicyclic) bond motifs is 14. The van der Waals surface area contributed by atoms with Crippen LogP contribution < -0.4 is 4.57 Å². The lowest BCUT2D eigenvalue weighted by Gasteiger charge is -2.07. The van der Waals surface area contributed by atoms with E-state index >= 15 is 0 Å². The molecule has 0 saturated heterocycles. The van der Waals surface area contributed by atoms with Crippen LogP contribution in [-0.4, -0.2) is 4.40 Å². The van der Waals surface area contributed by atoms with Crippen molar-refractivity contribution in [3.8, 4) is 0 Å². The number of aromatic nitrogens is 2. The second-order valence-electron chi connectivity index (χ2n) is 9.30. The van der Waals surface area contributed by atoms with Gasteiger partial charge in [-0.05, 0) is 48.2 Å². The zero-order valence-corrected chi connectivity index (χ0v) is 19.0. The largest absolute Gasteiger partial charge is 0.455 e. The molecule has 3 heterocycles. The van der Waals surface area contributed by atoms with Crippen molar-refractivity contribution in [3.05, 3.63) is 96.6 Å². The SMILES string of the molecule is Cc1cccc2c3ccccc3n3c4c5c(ccc6c7ccccc7oc65)ccc4[n+](C)c3c12. The molecule has 34 heavy (non-hydrogen) atoms. The van der Waals surface area contributed by atoms with Crippen LogP contribution in [-0.2, 0) is 7.05 Å². The lowest BCUT2D eigenvalue weighted by molar-refractivity contribution is -0.617. The molecule has 160 valence electrons. The van der Waals surface area contributed by atoms with Gasteiger partial charge in [0.25, 0.3) is 5.65 Å². The van der Waals surface area contributed by atoms with Gasteiger partial charge in [0.05, 0.1) is 17.8 Å². The van der Waals surface area contributed by atoms with Crippen molar-refractivity contribution in [3.63, 3.8) is 0 Å². The fourth-order valence-corrected chi connectivity index (χ4v) is 6.03. The monoisotopic (exact) mass is 437 g/mol. The number of nitrogens with zero attached hydrogens (tertiary/aromatic N) is 2. The molecule has 0 spiro atoms. The predicted molar refractivity (Wildman–Crippen MR) is 141 cm³/mol. The maximum absolute atomic E-state index is 6.53. The Morgan fingerprint density at radius 2 is 1.44 bits per heavy atom. The van der Waals surface area contributed by atoms with Crippen LogP contribution in [0.3, 0.4) is 0 Å². The van der Waals surface area contributed by atoms with Crippen molar-refractivity contribution in [2.75, 3.05) is 0 Å². The second kappa shape index (κ2) is 6.15. The number of benzene rings is 5. The van der Waals surface area contributed by atoms with E-state index < -0.39 is 0 Å². The number of furan rings is 1. The number of hydrogen-bond acceptors (Lipinski definition) is 1. The topological polar surface area (TPSA) is 21.4 Å². The average Bonchev–Trinajstić information content (AvgIpc) is 3.40. The molecule has 0 radical (unpaired) electrons. The summed E-state index contributed by atoms with van der Waals surface area (Å²) in [7, 11) is 2.18. The molecule has 0 fully saturated rings. The first-order valence-corrected chi connectivity index (χ1v) is 11.7. The summed E-state index contributed by atoms with van der Waals surface area (Å²) < 4.78 is 11.3. The molecule has 0 amide bonds. The van der Waals surface area contributed by atoms with E-state index in [9.17, 15) is 0 Å². The highest BCUT2D eigenvalue weighted by Gasteiger charge is 2.27. The lowest BCUT2D eigenvalue weighted by Crippen LogP contribution is -2.27. The van der Waals surface area contributed by atoms with Gasteiger partial charge in [-0.1, -0.05) is 60.7 Å². The summed E-state index contributed by atoms with van der Waals surface area (Å²) in [6.07, 6.45) is 0. The van der Waals surface area contributed by atoms with Crippen LogP contribution >= 0.6 is 0 Å². The Morgan fingerprint density at radius 3 is 2.35 bits per heavy atom. The van der Waals surface area contributed by atoms with Gasteiger partial charge in [0.15, 0.2) is 11.0 Å². The van der Waals surface area contributed by atoms with Crippen molar-refractivity contribution in [1.82, 2.24) is 4.40 Å². The Hall–Kier alpha value is -4.37. The van der Waals surface area contributed by atoms with Crippen LogP contribution in [0.1, 0.15) is 5.56 Å². The van der Waals surface area contributed by atoms with Gasteiger partial charge in [0, 0.05) is 21.5 Å². The minimum atomic E-state index is 0.929. The molecular formula is C31H21N2O+. The van der Waals surface area contributed by atoms with Crippen LogP contribution in [0.5, 0.6) is 0 Å². The molecule has 3 heteroatoms. The van der Waals surface area contributed by atoms with Crippen molar-refractivity contribution >= 4 is 71.1 Å². The van der Waals surface area contributed by atoms with E-state index in [2.05, 4.69) is 108 Å². The average molecular weight is 438 g/mol. The highest BCUT2D eigenvalue weighted by Crippen LogP contribution is 2.40. The van der Waals surface area contributed by atoms with Gasteiger partial charge < -0.3 is 4.42 Å². The summed E-state index contributed by atoms with van der Waals surface area (Å²) in [5, 5.41) is 8.53. The van der Waals surface area contributed by atoms with Gasteiger partial charge in [-0.3, -0.25) is 0 Å². The quantitative estimate of drug-likeness (QED) is 0.177. The minimum Gasteiger partial charge on any atom is -0.455 e. The number of aryl methyl sites for hydroxylation is 2. The van der Waals surface area contributed by atoms with Crippen LogP contribution in [0.15, 0.2) is 95.4 Å². The first-order valence-electron chi connectivity index (χ1n) is 11.7. The van der Waals surface area contributed by atoms with Crippen LogP contribution in [0.25, 0.3) is 71.1 Å². The van der Waals surface area contributed by atoms with Crippen LogP contribution in [0, 0.1) is 6.92 Å². The zero-order valence-electron chi connectivity index (χ0n) is 19.0. The summed E-state index contributed by atoms with van der Waals surface area (Å²) in [5.74, 6) is 0. The molecule has 0 N–H and O–H groups in total. The molecule has 0 aliphatic heterocycles. The molecule has 3 nitrogen and oxygen atoms in total. The summed E-state index contributed by atoms with van der Waals surface area (Å²) in [6, 6.07) is 32.6. The smallest absolute Gasteiger partial charge is 0.295 e. The van der Waals surface area contributed by atoms with E-state index in [4.69, 9.17) is 4.42 Å². The standard InChI is InChI=1S/C31H21N2O/c1-18-8-7-11-22-20-9-3-5-12-24(20)33-29-25(32(2)31(33)27(18)22)17-15-19-14-16-23-21-10-4-6-13-26(21)34-30(23)28(19)29/h3-17H,1-2H3/q+1. The molecule has 0 aliphatic carbocycles. The number of hydrogen-bond donors (Lipinski definition) is 0. The molecule has 8 aromatic rings. The first-order chi connectivity index (χ1) is 16.7. The van der Waals surface area contributed by atoms with Crippen molar-refractivity contribution in [1.29, 1.82) is 0 Å². The Morgan fingerprint density at radius 1 is 0.676 bits per heavy atom. The van der Waals surface area contributed by atoms with E-state index in [-0.39, 0.29) is 0 Å². The normalized spacial score (nSPS) is 12.4. The molecule has 0 aliphatic rings. The van der Waals surface area contributed by atoms with Crippen LogP contribution in [0.2, 0.25) is 0 Å². The van der Waals surface area contributed by atoms with Gasteiger partial charge in [-0.25, -0.2) is 4.57 Å². The number of para-hydroxylation sites is 2. The Kier molecular flexibility index (Phi) is 3.27. The summed E-state index contributed by atoms with van der Waals surface area (Å²) in [5.41, 5.74) is 7.98. The molecular weight excluding hydrogens is 416 g/mol. The number of pyridine rings is 1. The first kappa shape index (κ1) is 18.1. The van der Waals surface area contributed by atoms with E-state index in [1.807, 2.05) is 6.07 Å². The molecule has 5 aromatic carbocycles. The van der Waals surface area contributed by atoms with Crippen molar-refractivity contribution in [2.45, 2.75) is 6.92 Å². The Labute approximate surface area is 195 Å². The Bertz CT molecular complexity index is 2140. The number of rotatable bonds is 0. The van der Waals surface area contributed by atoms with Gasteiger partial charge in [-0.15, -0.1) is 0 Å². The minimum absolute atomic E-state index is 0.929. The third-order valence-corrected chi connectivity index (χ3v) is 7.53. The predicted octanol–water partition coefficient (Wildman–Crippen LogP) is 7.58. The highest BCUT2D eigenvalue weighted by molar-refractivity contribution is 6.23. The van der Waals surface area contributed by atoms with Gasteiger partial charge in [-0.2, -0.15) is 4.40 Å². The summed E-state index contributed by atoms with van der Waals surface area (Å²) >= 11 is 0. The summed E-state index contributed by atoms with van der Waals surface area (Å²) in [6.45, 7) is 2.21. The molecule has 3 aromatic heterocycles. The molecule has 0 bridgehead atoms. The van der Waals surface area contributed by atoms with E-state index in [1.54, 1.807) is 0 Å². The van der Waals surface area contributed by atoms with E-state index in [1.165, 1.54) is 54.7 Å². The maximum atomic E-state index is 6.53. The summed E-state index contributed by atoms with van der Waals surface area (Å²) in [4.78, 5) is 0. The maximum Gasteiger partial charge on any atom is 0.295 e. The van der Waals surface area contributed by atoms with E-state index in [0.29, 0.717) is 0 Å². The number of imidazole rings is 1. The third kappa shape index (κ3) is 2.06. The van der Waals surface area contributed by atoms with Crippen molar-refractivity contribution < 1.29 is 8.98 Å². The molecule has 0 atom stereocenters. The lowest BCUT2D eigenvalue weighted by atomic mass is 10.0. The fraction of sp³-hybridized carbons (Fsp3) is 0.0645. The highest BCUT2D eigenvalue weighted by atomic mass is 16.3. The van der Waals surface area contributed by atoms with Crippen LogP contribution in [0.4, 0.5) is 0 Å². The zero-order chi connectivity index (χ0) is 22.6. The molecule has 8 rings (SSSR count). The fourth-order valence-electron chi connectivity index (χ4n) is 6.03. The van der Waals surface area contributed by atoms with Gasteiger partial charge in [0.1, 0.15) is 16.7 Å². The van der Waals surface area contributed by atoms with Gasteiger partial charge in [0.2, 0.25) is 0 Å². The van der Waals surface area contributed by atoms with E-state index in [0.717, 1.165) is 21.9 Å². The molecule has 0 unspecified atom stereocenters. The molecule has 0 saturated carbocycles. The van der Waals surface area contributed by atoms with Crippen molar-refractivity contribution in [2.24, 2.45) is 7.05 Å².